The predicted octanol–water partition coefficient (Wildman–Crippen LogP) is 0.722. The molecule has 0 saturated heterocycles. The zero-order valence-electron chi connectivity index (χ0n) is 14.0. The van der Waals surface area contributed by atoms with Crippen LogP contribution in [-0.4, -0.2) is 48.5 Å². The summed E-state index contributed by atoms with van der Waals surface area (Å²) in [5.41, 5.74) is 11.2. The molecule has 0 amide bonds. The number of guanidine groups is 1. The van der Waals surface area contributed by atoms with E-state index in [0.717, 1.165) is 0 Å². The summed E-state index contributed by atoms with van der Waals surface area (Å²) in [5.74, 6) is 0.483. The average molecular weight is 405 g/mol. The number of nitrogen functional groups attached to an aromatic ring is 1. The molecule has 0 saturated carbocycles. The summed E-state index contributed by atoms with van der Waals surface area (Å²) in [6.07, 6.45) is -1.02. The minimum absolute atomic E-state index is 0.111. The fourth-order valence-corrected chi connectivity index (χ4v) is 2.57. The first kappa shape index (κ1) is 20.6. The highest BCUT2D eigenvalue weighted by Crippen LogP contribution is 2.14. The first-order valence-corrected chi connectivity index (χ1v) is 8.87. The van der Waals surface area contributed by atoms with Gasteiger partial charge in [0, 0.05) is 23.5 Å². The third-order valence-electron chi connectivity index (χ3n) is 3.08. The van der Waals surface area contributed by atoms with Crippen LogP contribution < -0.4 is 22.3 Å². The smallest absolute Gasteiger partial charge is 0.408 e. The van der Waals surface area contributed by atoms with Crippen LogP contribution in [0.3, 0.4) is 0 Å². The molecule has 0 radical (unpaired) electrons. The Morgan fingerprint density at radius 1 is 1.37 bits per heavy atom. The van der Waals surface area contributed by atoms with Crippen LogP contribution in [0.1, 0.15) is 18.7 Å². The Kier molecular flexibility index (Phi) is 7.06. The molecule has 148 valence electrons. The largest absolute Gasteiger partial charge is 0.548 e. The van der Waals surface area contributed by atoms with Gasteiger partial charge in [-0.3, -0.25) is 4.99 Å². The van der Waals surface area contributed by atoms with E-state index >= 15 is 0 Å². The number of alkyl halides is 3. The van der Waals surface area contributed by atoms with Crippen molar-refractivity contribution in [2.24, 2.45) is 15.7 Å². The number of nitrogens with one attached hydrogen (secondary N) is 2. The second-order valence-electron chi connectivity index (χ2n) is 5.31. The van der Waals surface area contributed by atoms with Crippen molar-refractivity contribution in [3.8, 4) is 0 Å². The molecular weight excluding hydrogens is 387 g/mol. The number of hydrogen-bond donors (Lipinski definition) is 4. The summed E-state index contributed by atoms with van der Waals surface area (Å²) < 4.78 is 53.5. The molecule has 0 bridgehead atoms. The molecule has 0 fully saturated rings. The minimum Gasteiger partial charge on any atom is -0.548 e. The lowest BCUT2D eigenvalue weighted by Crippen LogP contribution is -2.26. The van der Waals surface area contributed by atoms with Crippen LogP contribution in [0.2, 0.25) is 0 Å². The van der Waals surface area contributed by atoms with Gasteiger partial charge in [0.15, 0.2) is 17.1 Å². The zero-order chi connectivity index (χ0) is 19.9. The van der Waals surface area contributed by atoms with E-state index in [1.807, 2.05) is 0 Å². The van der Waals surface area contributed by atoms with Gasteiger partial charge in [0.1, 0.15) is 18.2 Å². The summed E-state index contributed by atoms with van der Waals surface area (Å²) in [7, 11) is 0. The molecule has 6 N–H and O–H groups in total. The van der Waals surface area contributed by atoms with Gasteiger partial charge in [-0.1, -0.05) is 0 Å². The lowest BCUT2D eigenvalue weighted by molar-refractivity contribution is -0.118. The standard InChI is InChI=1S/C13H18F3N9OS/c14-13(15,16)7-21-12(18)23-9-4-6-19-8(22-9)3-1-2-5-20-11-10(17)24-27(26)25-11/h4,6H,1-3,5,7H2,(H2,17,24)(H,20,25)(H3,18,19,21,22,23). The fraction of sp³-hybridized carbons (Fsp3) is 0.462. The zero-order valence-corrected chi connectivity index (χ0v) is 14.8. The summed E-state index contributed by atoms with van der Waals surface area (Å²) in [6.45, 7) is -0.922. The highest BCUT2D eigenvalue weighted by atomic mass is 32.2. The molecule has 0 aliphatic carbocycles. The third-order valence-corrected chi connectivity index (χ3v) is 3.81. The Morgan fingerprint density at radius 3 is 2.81 bits per heavy atom. The Hall–Kier alpha value is -2.74. The maximum absolute atomic E-state index is 12.1. The molecule has 2 rings (SSSR count). The number of aromatic nitrogens is 4. The summed E-state index contributed by atoms with van der Waals surface area (Å²) >= 11 is -1.56. The van der Waals surface area contributed by atoms with Crippen LogP contribution >= 0.6 is 11.1 Å². The van der Waals surface area contributed by atoms with Crippen molar-refractivity contribution in [1.29, 1.82) is 0 Å². The van der Waals surface area contributed by atoms with E-state index in [9.17, 15) is 17.7 Å². The predicted molar refractivity (Wildman–Crippen MR) is 93.2 cm³/mol. The number of halogens is 3. The molecule has 0 spiro atoms. The molecule has 0 aliphatic heterocycles. The first-order valence-electron chi connectivity index (χ1n) is 7.76. The number of unbranched alkanes of at least 4 members (excludes halogenated alkanes) is 1. The molecule has 27 heavy (non-hydrogen) atoms. The van der Waals surface area contributed by atoms with Gasteiger partial charge < -0.3 is 21.3 Å². The molecule has 1 atom stereocenters. The average Bonchev–Trinajstić information content (AvgIpc) is 2.90. The lowest BCUT2D eigenvalue weighted by Gasteiger charge is -2.07. The summed E-state index contributed by atoms with van der Waals surface area (Å²) in [6, 6.07) is 1.47. The van der Waals surface area contributed by atoms with Crippen molar-refractivity contribution in [2.45, 2.75) is 25.4 Å². The maximum Gasteiger partial charge on any atom is 0.408 e. The van der Waals surface area contributed by atoms with Crippen molar-refractivity contribution in [3.05, 3.63) is 23.6 Å². The minimum atomic E-state index is -4.42. The second-order valence-corrected chi connectivity index (χ2v) is 6.20. The quantitative estimate of drug-likeness (QED) is 0.228. The molecule has 1 unspecified atom stereocenters. The molecule has 2 aromatic heterocycles. The van der Waals surface area contributed by atoms with E-state index in [-0.39, 0.29) is 17.6 Å². The van der Waals surface area contributed by atoms with Crippen LogP contribution in [0.25, 0.3) is 0 Å². The Bertz CT molecular complexity index is 846. The molecule has 0 aromatic carbocycles. The summed E-state index contributed by atoms with van der Waals surface area (Å²) in [4.78, 5) is 15.6. The van der Waals surface area contributed by atoms with Gasteiger partial charge in [-0.25, -0.2) is 15.0 Å². The normalized spacial score (nSPS) is 13.9. The number of aromatic amines is 1. The van der Waals surface area contributed by atoms with Gasteiger partial charge in [0.05, 0.1) is 0 Å². The second kappa shape index (κ2) is 9.27. The van der Waals surface area contributed by atoms with Crippen LogP contribution in [0.4, 0.5) is 24.8 Å². The van der Waals surface area contributed by atoms with Crippen molar-refractivity contribution < 1.29 is 17.7 Å². The van der Waals surface area contributed by atoms with Gasteiger partial charge in [-0.15, -0.1) is 4.37 Å². The van der Waals surface area contributed by atoms with Crippen molar-refractivity contribution in [3.63, 3.8) is 0 Å². The topological polar surface area (TPSA) is 166 Å². The van der Waals surface area contributed by atoms with Crippen LogP contribution in [-0.2, 0) is 6.42 Å². The number of anilines is 2. The molecule has 10 nitrogen and oxygen atoms in total. The van der Waals surface area contributed by atoms with E-state index in [1.54, 1.807) is 0 Å². The number of nitrogens with two attached hydrogens (primary N) is 2. The van der Waals surface area contributed by atoms with Gasteiger partial charge in [-0.05, 0) is 18.9 Å². The van der Waals surface area contributed by atoms with Gasteiger partial charge in [0.25, 0.3) is 0 Å². The van der Waals surface area contributed by atoms with E-state index in [2.05, 4.69) is 34.0 Å². The molecule has 2 heterocycles. The molecule has 14 heteroatoms. The number of nitrogens with zero attached hydrogens (tertiary/aromatic N) is 5. The lowest BCUT2D eigenvalue weighted by atomic mass is 10.2. The van der Waals surface area contributed by atoms with Crippen LogP contribution in [0.15, 0.2) is 22.2 Å². The monoisotopic (exact) mass is 405 g/mol. The number of hydrogen-bond acceptors (Lipinski definition) is 7. The number of aryl methyl sites for hydroxylation is 1. The maximum atomic E-state index is 12.1. The Labute approximate surface area is 154 Å². The number of rotatable bonds is 7. The van der Waals surface area contributed by atoms with E-state index in [1.165, 1.54) is 12.3 Å². The van der Waals surface area contributed by atoms with E-state index < -0.39 is 23.9 Å². The van der Waals surface area contributed by atoms with E-state index in [4.69, 9.17) is 11.5 Å². The van der Waals surface area contributed by atoms with Crippen molar-refractivity contribution >= 4 is 28.7 Å². The molecular formula is C13H18F3N9OS. The van der Waals surface area contributed by atoms with Crippen molar-refractivity contribution in [2.75, 3.05) is 24.1 Å². The van der Waals surface area contributed by atoms with E-state index in [0.29, 0.717) is 37.1 Å². The van der Waals surface area contributed by atoms with Gasteiger partial charge in [-0.2, -0.15) is 13.2 Å². The van der Waals surface area contributed by atoms with Crippen LogP contribution in [0.5, 0.6) is 0 Å². The van der Waals surface area contributed by atoms with Gasteiger partial charge >= 0.3 is 6.18 Å². The van der Waals surface area contributed by atoms with Crippen LogP contribution in [0, 0.1) is 0 Å². The number of aliphatic imine (C=N–C) groups is 1. The SMILES string of the molecule is NC(=NCC(F)(F)F)Nc1ccnc(CCCCN=c2[nH][s+]([O-])nc2N)n1. The third kappa shape index (κ3) is 7.57. The highest BCUT2D eigenvalue weighted by molar-refractivity contribution is 7.13. The first-order chi connectivity index (χ1) is 12.7. The van der Waals surface area contributed by atoms with Gasteiger partial charge in [0.2, 0.25) is 11.3 Å². The Morgan fingerprint density at radius 2 is 2.15 bits per heavy atom. The Balaban J connectivity index is 1.81. The van der Waals surface area contributed by atoms with Crippen molar-refractivity contribution in [1.82, 2.24) is 18.7 Å². The summed E-state index contributed by atoms with van der Waals surface area (Å²) in [5, 5.41) is 2.49. The highest BCUT2D eigenvalue weighted by Gasteiger charge is 2.26. The molecule has 2 aromatic rings. The molecule has 0 aliphatic rings. The fourth-order valence-electron chi connectivity index (χ4n) is 1.92. The number of H-pyrrole nitrogens is 1.